The number of pyridine rings is 1. The molecule has 2 N–H and O–H groups in total. The zero-order chi connectivity index (χ0) is 20.2. The Hall–Kier alpha value is -3.00. The van der Waals surface area contributed by atoms with Gasteiger partial charge in [-0.1, -0.05) is 6.07 Å². The molecular formula is C21H24FN5O2. The van der Waals surface area contributed by atoms with E-state index in [-0.39, 0.29) is 5.91 Å². The molecule has 0 radical (unpaired) electrons. The van der Waals surface area contributed by atoms with E-state index in [9.17, 15) is 9.18 Å². The minimum absolute atomic E-state index is 0.265. The quantitative estimate of drug-likeness (QED) is 0.639. The Kier molecular flexibility index (Phi) is 5.71. The standard InChI is InChI=1S/C21H24FN5O2/c1-14(29-17-5-2-4-16(22)12-17)21(28)25-10-11-27-20-18(6-3-8-24-20)19(26-27)15-7-9-23-13-15/h2-6,8,12,14-15,23H,7,9-11,13H2,1H3,(H,25,28)/t14-,15-/m0/s1. The Morgan fingerprint density at radius 2 is 2.31 bits per heavy atom. The van der Waals surface area contributed by atoms with Gasteiger partial charge in [0.1, 0.15) is 11.6 Å². The molecule has 4 rings (SSSR count). The number of hydrogen-bond acceptors (Lipinski definition) is 5. The Labute approximate surface area is 168 Å². The van der Waals surface area contributed by atoms with Crippen LogP contribution in [0.5, 0.6) is 5.75 Å². The van der Waals surface area contributed by atoms with Gasteiger partial charge in [0.15, 0.2) is 11.8 Å². The van der Waals surface area contributed by atoms with Crippen molar-refractivity contribution in [2.45, 2.75) is 31.9 Å². The number of carbonyl (C=O) groups excluding carboxylic acids is 1. The molecule has 152 valence electrons. The van der Waals surface area contributed by atoms with Gasteiger partial charge in [0.05, 0.1) is 12.2 Å². The summed E-state index contributed by atoms with van der Waals surface area (Å²) < 4.78 is 20.6. The molecule has 0 bridgehead atoms. The van der Waals surface area contributed by atoms with E-state index in [1.807, 2.05) is 16.8 Å². The van der Waals surface area contributed by atoms with Crippen LogP contribution in [-0.4, -0.2) is 46.4 Å². The molecule has 29 heavy (non-hydrogen) atoms. The maximum atomic E-state index is 13.3. The highest BCUT2D eigenvalue weighted by Gasteiger charge is 2.23. The van der Waals surface area contributed by atoms with E-state index >= 15 is 0 Å². The number of nitrogens with one attached hydrogen (secondary N) is 2. The van der Waals surface area contributed by atoms with Gasteiger partial charge in [-0.3, -0.25) is 4.79 Å². The van der Waals surface area contributed by atoms with Crippen LogP contribution in [0.3, 0.4) is 0 Å². The third-order valence-electron chi connectivity index (χ3n) is 5.08. The fourth-order valence-corrected chi connectivity index (χ4v) is 3.61. The lowest BCUT2D eigenvalue weighted by atomic mass is 10.0. The molecule has 2 atom stereocenters. The molecule has 1 aliphatic heterocycles. The van der Waals surface area contributed by atoms with Crippen molar-refractivity contribution < 1.29 is 13.9 Å². The molecule has 2 aromatic heterocycles. The molecule has 1 amide bonds. The number of halogens is 1. The fraction of sp³-hybridized carbons (Fsp3) is 0.381. The Morgan fingerprint density at radius 1 is 1.41 bits per heavy atom. The first-order valence-electron chi connectivity index (χ1n) is 9.84. The average Bonchev–Trinajstić information content (AvgIpc) is 3.36. The molecule has 1 aromatic carbocycles. The number of aromatic nitrogens is 3. The monoisotopic (exact) mass is 397 g/mol. The highest BCUT2D eigenvalue weighted by molar-refractivity contribution is 5.81. The van der Waals surface area contributed by atoms with Crippen molar-refractivity contribution in [3.63, 3.8) is 0 Å². The molecule has 1 saturated heterocycles. The molecule has 3 heterocycles. The summed E-state index contributed by atoms with van der Waals surface area (Å²) in [6, 6.07) is 9.72. The molecule has 1 aliphatic rings. The van der Waals surface area contributed by atoms with E-state index in [0.29, 0.717) is 24.8 Å². The molecule has 7 nitrogen and oxygen atoms in total. The summed E-state index contributed by atoms with van der Waals surface area (Å²) in [4.78, 5) is 16.8. The smallest absolute Gasteiger partial charge is 0.260 e. The van der Waals surface area contributed by atoms with Crippen molar-refractivity contribution >= 4 is 16.9 Å². The summed E-state index contributed by atoms with van der Waals surface area (Å²) in [5.41, 5.74) is 1.89. The summed E-state index contributed by atoms with van der Waals surface area (Å²) in [7, 11) is 0. The lowest BCUT2D eigenvalue weighted by Gasteiger charge is -2.14. The van der Waals surface area contributed by atoms with Gasteiger partial charge in [-0.15, -0.1) is 0 Å². The highest BCUT2D eigenvalue weighted by Crippen LogP contribution is 2.27. The van der Waals surface area contributed by atoms with Crippen molar-refractivity contribution in [1.82, 2.24) is 25.4 Å². The van der Waals surface area contributed by atoms with Crippen LogP contribution in [0.1, 0.15) is 25.0 Å². The van der Waals surface area contributed by atoms with Gasteiger partial charge in [0.2, 0.25) is 0 Å². The zero-order valence-corrected chi connectivity index (χ0v) is 16.3. The molecule has 0 aliphatic carbocycles. The van der Waals surface area contributed by atoms with Crippen LogP contribution in [0.25, 0.3) is 11.0 Å². The second-order valence-corrected chi connectivity index (χ2v) is 7.18. The Morgan fingerprint density at radius 3 is 3.10 bits per heavy atom. The van der Waals surface area contributed by atoms with Crippen LogP contribution in [0.15, 0.2) is 42.6 Å². The Bertz CT molecular complexity index is 1000. The second-order valence-electron chi connectivity index (χ2n) is 7.18. The van der Waals surface area contributed by atoms with E-state index in [2.05, 4.69) is 15.6 Å². The van der Waals surface area contributed by atoms with Crippen LogP contribution in [0.2, 0.25) is 0 Å². The van der Waals surface area contributed by atoms with E-state index in [0.717, 1.165) is 36.2 Å². The van der Waals surface area contributed by atoms with Gasteiger partial charge < -0.3 is 15.4 Å². The molecule has 8 heteroatoms. The van der Waals surface area contributed by atoms with Crippen LogP contribution in [-0.2, 0) is 11.3 Å². The summed E-state index contributed by atoms with van der Waals surface area (Å²) in [5.74, 6) is 0.0438. The van der Waals surface area contributed by atoms with Gasteiger partial charge in [0, 0.05) is 36.7 Å². The number of rotatable bonds is 7. The molecule has 1 fully saturated rings. The van der Waals surface area contributed by atoms with Gasteiger partial charge in [-0.05, 0) is 44.2 Å². The summed E-state index contributed by atoms with van der Waals surface area (Å²) in [5, 5.41) is 12.1. The van der Waals surface area contributed by atoms with Crippen molar-refractivity contribution in [1.29, 1.82) is 0 Å². The van der Waals surface area contributed by atoms with Gasteiger partial charge in [0.25, 0.3) is 5.91 Å². The average molecular weight is 397 g/mol. The van der Waals surface area contributed by atoms with Crippen LogP contribution < -0.4 is 15.4 Å². The van der Waals surface area contributed by atoms with Crippen molar-refractivity contribution in [2.24, 2.45) is 0 Å². The molecule has 0 unspecified atom stereocenters. The third kappa shape index (κ3) is 4.37. The topological polar surface area (TPSA) is 81.1 Å². The first-order chi connectivity index (χ1) is 14.1. The predicted octanol–water partition coefficient (Wildman–Crippen LogP) is 2.23. The zero-order valence-electron chi connectivity index (χ0n) is 16.3. The Balaban J connectivity index is 1.37. The fourth-order valence-electron chi connectivity index (χ4n) is 3.61. The van der Waals surface area contributed by atoms with E-state index in [4.69, 9.17) is 9.84 Å². The van der Waals surface area contributed by atoms with E-state index < -0.39 is 11.9 Å². The number of carbonyl (C=O) groups is 1. The SMILES string of the molecule is C[C@H](Oc1cccc(F)c1)C(=O)NCCn1nc([C@H]2CCNC2)c2cccnc21. The van der Waals surface area contributed by atoms with Gasteiger partial charge in [-0.25, -0.2) is 14.1 Å². The number of fused-ring (bicyclic) bond motifs is 1. The van der Waals surface area contributed by atoms with Crippen molar-refractivity contribution in [3.8, 4) is 5.75 Å². The summed E-state index contributed by atoms with van der Waals surface area (Å²) >= 11 is 0. The molecule has 0 saturated carbocycles. The first kappa shape index (κ1) is 19.3. The molecule has 0 spiro atoms. The van der Waals surface area contributed by atoms with Gasteiger partial charge in [-0.2, -0.15) is 5.10 Å². The number of hydrogen-bond donors (Lipinski definition) is 2. The number of amides is 1. The third-order valence-corrected chi connectivity index (χ3v) is 5.08. The normalized spacial score (nSPS) is 17.4. The van der Waals surface area contributed by atoms with Crippen molar-refractivity contribution in [3.05, 3.63) is 54.1 Å². The lowest BCUT2D eigenvalue weighted by Crippen LogP contribution is -2.38. The predicted molar refractivity (Wildman–Crippen MR) is 107 cm³/mol. The van der Waals surface area contributed by atoms with Crippen LogP contribution in [0.4, 0.5) is 4.39 Å². The second kappa shape index (κ2) is 8.57. The molecule has 3 aromatic rings. The van der Waals surface area contributed by atoms with Crippen LogP contribution in [0, 0.1) is 5.82 Å². The number of nitrogens with zero attached hydrogens (tertiary/aromatic N) is 3. The van der Waals surface area contributed by atoms with E-state index in [1.165, 1.54) is 12.1 Å². The lowest BCUT2D eigenvalue weighted by molar-refractivity contribution is -0.127. The number of ether oxygens (including phenoxy) is 1. The highest BCUT2D eigenvalue weighted by atomic mass is 19.1. The minimum Gasteiger partial charge on any atom is -0.481 e. The van der Waals surface area contributed by atoms with E-state index in [1.54, 1.807) is 25.3 Å². The molecular weight excluding hydrogens is 373 g/mol. The summed E-state index contributed by atoms with van der Waals surface area (Å²) in [6.45, 7) is 4.46. The van der Waals surface area contributed by atoms with Crippen molar-refractivity contribution in [2.75, 3.05) is 19.6 Å². The number of benzene rings is 1. The van der Waals surface area contributed by atoms with Crippen LogP contribution >= 0.6 is 0 Å². The maximum absolute atomic E-state index is 13.3. The van der Waals surface area contributed by atoms with Gasteiger partial charge >= 0.3 is 0 Å². The minimum atomic E-state index is -0.732. The largest absolute Gasteiger partial charge is 0.481 e. The maximum Gasteiger partial charge on any atom is 0.260 e. The first-order valence-corrected chi connectivity index (χ1v) is 9.84. The summed E-state index contributed by atoms with van der Waals surface area (Å²) in [6.07, 6.45) is 2.08.